The van der Waals surface area contributed by atoms with Crippen molar-refractivity contribution in [2.75, 3.05) is 26.2 Å². The van der Waals surface area contributed by atoms with E-state index in [1.807, 2.05) is 12.1 Å². The minimum absolute atomic E-state index is 0.160. The Hall–Kier alpha value is -1.10. The van der Waals surface area contributed by atoms with Gasteiger partial charge in [0.2, 0.25) is 0 Å². The van der Waals surface area contributed by atoms with Crippen molar-refractivity contribution in [3.8, 4) is 0 Å². The summed E-state index contributed by atoms with van der Waals surface area (Å²) in [6.07, 6.45) is 1.12. The second kappa shape index (κ2) is 7.65. The molecule has 2 aromatic carbocycles. The summed E-state index contributed by atoms with van der Waals surface area (Å²) in [6.45, 7) is 4.72. The standard InChI is InChI=1S/C20H22Cl2N2O/c21-16-9-14(10-17(22)12-16)13-25-19-11-15-3-1-2-4-18(15)20(19)24-7-5-23-6-8-24/h1-4,9-10,12,19-20,23H,5-8,11,13H2/t19-,20-/m1/s1. The van der Waals surface area contributed by atoms with Crippen LogP contribution in [0.4, 0.5) is 0 Å². The summed E-state index contributed by atoms with van der Waals surface area (Å²) in [5.41, 5.74) is 3.84. The molecular formula is C20H22Cl2N2O. The van der Waals surface area contributed by atoms with E-state index in [2.05, 4.69) is 34.5 Å². The summed E-state index contributed by atoms with van der Waals surface area (Å²) in [5.74, 6) is 0. The average Bonchev–Trinajstić information content (AvgIpc) is 2.98. The molecule has 2 atom stereocenters. The van der Waals surface area contributed by atoms with Crippen molar-refractivity contribution in [2.24, 2.45) is 0 Å². The lowest BCUT2D eigenvalue weighted by atomic mass is 10.1. The molecule has 0 aromatic heterocycles. The Kier molecular flexibility index (Phi) is 5.30. The summed E-state index contributed by atoms with van der Waals surface area (Å²) >= 11 is 12.2. The molecule has 0 unspecified atom stereocenters. The van der Waals surface area contributed by atoms with E-state index in [0.29, 0.717) is 22.7 Å². The van der Waals surface area contributed by atoms with E-state index in [1.165, 1.54) is 11.1 Å². The molecule has 3 nitrogen and oxygen atoms in total. The zero-order chi connectivity index (χ0) is 17.2. The molecule has 0 amide bonds. The van der Waals surface area contributed by atoms with Crippen LogP contribution in [0.3, 0.4) is 0 Å². The first-order valence-corrected chi connectivity index (χ1v) is 9.55. The molecule has 1 saturated heterocycles. The Morgan fingerprint density at radius 2 is 1.76 bits per heavy atom. The number of halogens is 2. The lowest BCUT2D eigenvalue weighted by molar-refractivity contribution is -0.0188. The second-order valence-electron chi connectivity index (χ2n) is 6.76. The lowest BCUT2D eigenvalue weighted by Gasteiger charge is -2.36. The van der Waals surface area contributed by atoms with Crippen LogP contribution in [0.5, 0.6) is 0 Å². The number of piperazine rings is 1. The fourth-order valence-corrected chi connectivity index (χ4v) is 4.55. The summed E-state index contributed by atoms with van der Waals surface area (Å²) in [5, 5.41) is 4.74. The topological polar surface area (TPSA) is 24.5 Å². The number of nitrogens with zero attached hydrogens (tertiary/aromatic N) is 1. The van der Waals surface area contributed by atoms with Gasteiger partial charge in [-0.2, -0.15) is 0 Å². The molecule has 1 N–H and O–H groups in total. The Balaban J connectivity index is 1.53. The predicted octanol–water partition coefficient (Wildman–Crippen LogP) is 4.08. The first-order valence-electron chi connectivity index (χ1n) is 8.80. The number of nitrogens with one attached hydrogen (secondary N) is 1. The van der Waals surface area contributed by atoms with Gasteiger partial charge in [-0.1, -0.05) is 47.5 Å². The quantitative estimate of drug-likeness (QED) is 0.869. The third-order valence-electron chi connectivity index (χ3n) is 5.08. The smallest absolute Gasteiger partial charge is 0.0816 e. The predicted molar refractivity (Wildman–Crippen MR) is 102 cm³/mol. The summed E-state index contributed by atoms with van der Waals surface area (Å²) in [7, 11) is 0. The van der Waals surface area contributed by atoms with Crippen LogP contribution in [0.2, 0.25) is 10.0 Å². The number of hydrogen-bond donors (Lipinski definition) is 1. The zero-order valence-electron chi connectivity index (χ0n) is 14.1. The van der Waals surface area contributed by atoms with Crippen LogP contribution in [0, 0.1) is 0 Å². The van der Waals surface area contributed by atoms with Crippen LogP contribution in [0.1, 0.15) is 22.7 Å². The highest BCUT2D eigenvalue weighted by atomic mass is 35.5. The van der Waals surface area contributed by atoms with Crippen LogP contribution in [0.15, 0.2) is 42.5 Å². The van der Waals surface area contributed by atoms with Gasteiger partial charge in [0.25, 0.3) is 0 Å². The molecule has 2 aliphatic rings. The Morgan fingerprint density at radius 3 is 2.52 bits per heavy atom. The molecule has 1 fully saturated rings. The van der Waals surface area contributed by atoms with Crippen molar-refractivity contribution < 1.29 is 4.74 Å². The SMILES string of the molecule is Clc1cc(Cl)cc(CO[C@@H]2Cc3ccccc3[C@H]2N2CCNCC2)c1. The monoisotopic (exact) mass is 376 g/mol. The van der Waals surface area contributed by atoms with Crippen molar-refractivity contribution in [2.45, 2.75) is 25.2 Å². The first kappa shape index (κ1) is 17.3. The van der Waals surface area contributed by atoms with Crippen molar-refractivity contribution in [1.29, 1.82) is 0 Å². The van der Waals surface area contributed by atoms with E-state index < -0.39 is 0 Å². The molecule has 0 radical (unpaired) electrons. The van der Waals surface area contributed by atoms with Gasteiger partial charge in [-0.25, -0.2) is 0 Å². The van der Waals surface area contributed by atoms with E-state index >= 15 is 0 Å². The van der Waals surface area contributed by atoms with Gasteiger partial charge in [0, 0.05) is 42.6 Å². The van der Waals surface area contributed by atoms with Crippen LogP contribution >= 0.6 is 23.2 Å². The number of fused-ring (bicyclic) bond motifs is 1. The van der Waals surface area contributed by atoms with Crippen LogP contribution in [0.25, 0.3) is 0 Å². The molecular weight excluding hydrogens is 355 g/mol. The fourth-order valence-electron chi connectivity index (χ4n) is 3.98. The van der Waals surface area contributed by atoms with E-state index in [-0.39, 0.29) is 6.10 Å². The summed E-state index contributed by atoms with van der Waals surface area (Å²) in [4.78, 5) is 2.55. The maximum atomic E-state index is 6.37. The van der Waals surface area contributed by atoms with Gasteiger partial charge in [0.05, 0.1) is 18.8 Å². The van der Waals surface area contributed by atoms with E-state index in [0.717, 1.165) is 38.2 Å². The molecule has 25 heavy (non-hydrogen) atoms. The third-order valence-corrected chi connectivity index (χ3v) is 5.51. The highest BCUT2D eigenvalue weighted by Crippen LogP contribution is 2.38. The van der Waals surface area contributed by atoms with Crippen molar-refractivity contribution >= 4 is 23.2 Å². The van der Waals surface area contributed by atoms with Gasteiger partial charge >= 0.3 is 0 Å². The molecule has 1 aliphatic carbocycles. The summed E-state index contributed by atoms with van der Waals surface area (Å²) in [6, 6.07) is 14.7. The number of ether oxygens (including phenoxy) is 1. The Bertz CT molecular complexity index is 726. The normalized spacial score (nSPS) is 23.6. The van der Waals surface area contributed by atoms with Crippen molar-refractivity contribution in [1.82, 2.24) is 10.2 Å². The zero-order valence-corrected chi connectivity index (χ0v) is 15.6. The molecule has 4 rings (SSSR count). The molecule has 0 bridgehead atoms. The Morgan fingerprint density at radius 1 is 1.04 bits per heavy atom. The molecule has 1 heterocycles. The molecule has 0 spiro atoms. The van der Waals surface area contributed by atoms with Gasteiger partial charge < -0.3 is 10.1 Å². The fraction of sp³-hybridized carbons (Fsp3) is 0.400. The second-order valence-corrected chi connectivity index (χ2v) is 7.63. The minimum Gasteiger partial charge on any atom is -0.371 e. The molecule has 0 saturated carbocycles. The largest absolute Gasteiger partial charge is 0.371 e. The Labute approximate surface area is 158 Å². The van der Waals surface area contributed by atoms with Crippen LogP contribution in [-0.4, -0.2) is 37.2 Å². The number of benzene rings is 2. The molecule has 5 heteroatoms. The third kappa shape index (κ3) is 3.86. The highest BCUT2D eigenvalue weighted by Gasteiger charge is 2.37. The van der Waals surface area contributed by atoms with Gasteiger partial charge in [-0.15, -0.1) is 0 Å². The van der Waals surface area contributed by atoms with Crippen LogP contribution < -0.4 is 5.32 Å². The molecule has 2 aromatic rings. The number of rotatable bonds is 4. The van der Waals surface area contributed by atoms with Crippen molar-refractivity contribution in [3.63, 3.8) is 0 Å². The highest BCUT2D eigenvalue weighted by molar-refractivity contribution is 6.34. The van der Waals surface area contributed by atoms with E-state index in [9.17, 15) is 0 Å². The van der Waals surface area contributed by atoms with Crippen LogP contribution in [-0.2, 0) is 17.8 Å². The van der Waals surface area contributed by atoms with Crippen molar-refractivity contribution in [3.05, 3.63) is 69.2 Å². The number of hydrogen-bond acceptors (Lipinski definition) is 3. The summed E-state index contributed by atoms with van der Waals surface area (Å²) < 4.78 is 6.37. The maximum absolute atomic E-state index is 6.37. The van der Waals surface area contributed by atoms with E-state index in [4.69, 9.17) is 27.9 Å². The maximum Gasteiger partial charge on any atom is 0.0816 e. The van der Waals surface area contributed by atoms with Gasteiger partial charge in [-0.05, 0) is 34.9 Å². The molecule has 1 aliphatic heterocycles. The first-order chi connectivity index (χ1) is 12.2. The lowest BCUT2D eigenvalue weighted by Crippen LogP contribution is -2.47. The minimum atomic E-state index is 0.160. The van der Waals surface area contributed by atoms with E-state index in [1.54, 1.807) is 6.07 Å². The van der Waals surface area contributed by atoms with Gasteiger partial charge in [-0.3, -0.25) is 4.90 Å². The van der Waals surface area contributed by atoms with Gasteiger partial charge in [0.1, 0.15) is 0 Å². The van der Waals surface area contributed by atoms with Gasteiger partial charge in [0.15, 0.2) is 0 Å². The molecule has 132 valence electrons. The average molecular weight is 377 g/mol.